The van der Waals surface area contributed by atoms with E-state index in [2.05, 4.69) is 33.0 Å². The zero-order chi connectivity index (χ0) is 28.8. The number of halogens is 2. The summed E-state index contributed by atoms with van der Waals surface area (Å²) in [5, 5.41) is 1.30. The van der Waals surface area contributed by atoms with E-state index in [4.69, 9.17) is 32.7 Å². The molecule has 2 aromatic rings. The van der Waals surface area contributed by atoms with Crippen molar-refractivity contribution in [1.29, 1.82) is 0 Å². The summed E-state index contributed by atoms with van der Waals surface area (Å²) in [5.74, 6) is -0.243. The summed E-state index contributed by atoms with van der Waals surface area (Å²) in [6.45, 7) is 9.49. The molecule has 8 heteroatoms. The predicted octanol–water partition coefficient (Wildman–Crippen LogP) is 8.35. The number of esters is 1. The summed E-state index contributed by atoms with van der Waals surface area (Å²) in [6.07, 6.45) is 7.33. The van der Waals surface area contributed by atoms with E-state index in [0.717, 1.165) is 38.5 Å². The number of hydrogen-bond acceptors (Lipinski definition) is 5. The molecule has 1 N–H and O–H groups in total. The second-order valence-electron chi connectivity index (χ2n) is 9.81. The number of Topliss-reactive ketones (excluding diaryl/α,β-unsaturated/α-hetero) is 1. The highest BCUT2D eigenvalue weighted by molar-refractivity contribution is 6.46. The summed E-state index contributed by atoms with van der Waals surface area (Å²) in [7, 11) is 0. The van der Waals surface area contributed by atoms with Gasteiger partial charge >= 0.3 is 5.97 Å². The van der Waals surface area contributed by atoms with E-state index in [1.54, 1.807) is 30.3 Å². The molecule has 1 amide bonds. The van der Waals surface area contributed by atoms with Crippen LogP contribution in [0.25, 0.3) is 0 Å². The van der Waals surface area contributed by atoms with Crippen molar-refractivity contribution in [2.45, 2.75) is 78.0 Å². The highest BCUT2D eigenvalue weighted by Crippen LogP contribution is 2.26. The summed E-state index contributed by atoms with van der Waals surface area (Å²) in [4.78, 5) is 38.3. The Morgan fingerprint density at radius 1 is 0.897 bits per heavy atom. The molecule has 0 spiro atoms. The molecule has 6 nitrogen and oxygen atoms in total. The first-order valence-corrected chi connectivity index (χ1v) is 14.7. The molecule has 0 fully saturated rings. The summed E-state index contributed by atoms with van der Waals surface area (Å²) in [6, 6.07) is 11.0. The average molecular weight is 579 g/mol. The van der Waals surface area contributed by atoms with Gasteiger partial charge in [-0.1, -0.05) is 71.4 Å². The van der Waals surface area contributed by atoms with Crippen LogP contribution in [-0.2, 0) is 9.53 Å². The van der Waals surface area contributed by atoms with Gasteiger partial charge in [-0.15, -0.1) is 11.6 Å². The molecule has 3 unspecified atom stereocenters. The van der Waals surface area contributed by atoms with Gasteiger partial charge in [0.2, 0.25) is 5.91 Å². The number of anilines is 1. The first kappa shape index (κ1) is 32.6. The Balaban J connectivity index is 2.00. The first-order valence-electron chi connectivity index (χ1n) is 13.9. The predicted molar refractivity (Wildman–Crippen MR) is 158 cm³/mol. The summed E-state index contributed by atoms with van der Waals surface area (Å²) in [5.41, 5.74) is 0.711. The standard InChI is InChI=1S/C31H41Cl2NO5/c1-5-9-17-38-25-14-11-23(12-15-25)29(35)28(33)30(36)34-27-19-24(13-16-26(27)32)31(37)39-20-22(8-4)18-21(7-3)10-6-2/h11-16,19,21-22,28H,5-10,17-18,20H2,1-4H3,(H,34,36). The Morgan fingerprint density at radius 3 is 2.18 bits per heavy atom. The molecule has 0 radical (unpaired) electrons. The van der Waals surface area contributed by atoms with E-state index >= 15 is 0 Å². The van der Waals surface area contributed by atoms with Gasteiger partial charge in [0.25, 0.3) is 0 Å². The molecule has 0 bridgehead atoms. The third kappa shape index (κ3) is 10.5. The van der Waals surface area contributed by atoms with Crippen LogP contribution >= 0.6 is 23.2 Å². The molecule has 0 saturated heterocycles. The second kappa shape index (κ2) is 17.2. The molecule has 0 aliphatic rings. The number of carbonyl (C=O) groups excluding carboxylic acids is 3. The van der Waals surface area contributed by atoms with E-state index < -0.39 is 23.0 Å². The van der Waals surface area contributed by atoms with Crippen molar-refractivity contribution in [1.82, 2.24) is 0 Å². The van der Waals surface area contributed by atoms with E-state index in [1.807, 2.05) is 0 Å². The van der Waals surface area contributed by atoms with Gasteiger partial charge in [0.15, 0.2) is 11.2 Å². The maximum absolute atomic E-state index is 12.8. The highest BCUT2D eigenvalue weighted by atomic mass is 35.5. The fourth-order valence-corrected chi connectivity index (χ4v) is 4.60. The fourth-order valence-electron chi connectivity index (χ4n) is 4.26. The Hall–Kier alpha value is -2.57. The SMILES string of the molecule is CCCCOc1ccc(C(=O)C(Cl)C(=O)Nc2cc(C(=O)OCC(CC)CC(CC)CCC)ccc2Cl)cc1. The molecule has 0 aliphatic carbocycles. The monoisotopic (exact) mass is 577 g/mol. The number of ether oxygens (including phenoxy) is 2. The molecule has 0 saturated carbocycles. The molecular weight excluding hydrogens is 537 g/mol. The largest absolute Gasteiger partial charge is 0.494 e. The van der Waals surface area contributed by atoms with Crippen molar-refractivity contribution in [3.05, 3.63) is 58.6 Å². The number of rotatable bonds is 17. The molecule has 214 valence electrons. The van der Waals surface area contributed by atoms with Gasteiger partial charge in [-0.05, 0) is 67.1 Å². The molecule has 0 aromatic heterocycles. The van der Waals surface area contributed by atoms with Crippen molar-refractivity contribution in [3.8, 4) is 5.75 Å². The van der Waals surface area contributed by atoms with Crippen molar-refractivity contribution in [2.24, 2.45) is 11.8 Å². The number of benzene rings is 2. The van der Waals surface area contributed by atoms with Gasteiger partial charge in [-0.3, -0.25) is 9.59 Å². The van der Waals surface area contributed by atoms with Crippen LogP contribution in [0.15, 0.2) is 42.5 Å². The molecule has 0 aliphatic heterocycles. The quantitative estimate of drug-likeness (QED) is 0.0671. The van der Waals surface area contributed by atoms with Gasteiger partial charge in [-0.25, -0.2) is 4.79 Å². The van der Waals surface area contributed by atoms with Crippen LogP contribution in [0, 0.1) is 11.8 Å². The first-order chi connectivity index (χ1) is 18.7. The van der Waals surface area contributed by atoms with Gasteiger partial charge < -0.3 is 14.8 Å². The van der Waals surface area contributed by atoms with Crippen LogP contribution in [-0.4, -0.2) is 36.3 Å². The van der Waals surface area contributed by atoms with Crippen LogP contribution in [0.5, 0.6) is 5.75 Å². The lowest BCUT2D eigenvalue weighted by Gasteiger charge is -2.21. The van der Waals surface area contributed by atoms with Crippen LogP contribution < -0.4 is 10.1 Å². The van der Waals surface area contributed by atoms with Gasteiger partial charge in [0.1, 0.15) is 5.75 Å². The number of ketones is 1. The topological polar surface area (TPSA) is 81.7 Å². The highest BCUT2D eigenvalue weighted by Gasteiger charge is 2.26. The Morgan fingerprint density at radius 2 is 1.56 bits per heavy atom. The fraction of sp³-hybridized carbons (Fsp3) is 0.516. The van der Waals surface area contributed by atoms with Crippen LogP contribution in [0.2, 0.25) is 5.02 Å². The maximum atomic E-state index is 12.8. The van der Waals surface area contributed by atoms with Crippen molar-refractivity contribution < 1.29 is 23.9 Å². The van der Waals surface area contributed by atoms with Gasteiger partial charge in [-0.2, -0.15) is 0 Å². The van der Waals surface area contributed by atoms with E-state index in [0.29, 0.717) is 24.9 Å². The van der Waals surface area contributed by atoms with E-state index in [-0.39, 0.29) is 27.8 Å². The summed E-state index contributed by atoms with van der Waals surface area (Å²) < 4.78 is 11.2. The normalized spacial score (nSPS) is 13.3. The second-order valence-corrected chi connectivity index (χ2v) is 10.7. The minimum atomic E-state index is -1.48. The van der Waals surface area contributed by atoms with Gasteiger partial charge in [0, 0.05) is 5.56 Å². The average Bonchev–Trinajstić information content (AvgIpc) is 2.95. The number of unbranched alkanes of at least 4 members (excludes halogenated alkanes) is 1. The molecule has 39 heavy (non-hydrogen) atoms. The molecule has 0 heterocycles. The van der Waals surface area contributed by atoms with Crippen molar-refractivity contribution >= 4 is 46.5 Å². The number of nitrogens with one attached hydrogen (secondary N) is 1. The van der Waals surface area contributed by atoms with Crippen LogP contribution in [0.3, 0.4) is 0 Å². The minimum absolute atomic E-state index is 0.176. The smallest absolute Gasteiger partial charge is 0.338 e. The third-order valence-corrected chi connectivity index (χ3v) is 7.52. The molecule has 2 aromatic carbocycles. The van der Waals surface area contributed by atoms with Crippen LogP contribution in [0.4, 0.5) is 5.69 Å². The Labute approximate surface area is 242 Å². The van der Waals surface area contributed by atoms with Crippen LogP contribution in [0.1, 0.15) is 93.4 Å². The van der Waals surface area contributed by atoms with Crippen molar-refractivity contribution in [2.75, 3.05) is 18.5 Å². The molecule has 3 atom stereocenters. The zero-order valence-corrected chi connectivity index (χ0v) is 24.9. The van der Waals surface area contributed by atoms with Crippen molar-refractivity contribution in [3.63, 3.8) is 0 Å². The molecule has 2 rings (SSSR count). The zero-order valence-electron chi connectivity index (χ0n) is 23.4. The number of amides is 1. The summed E-state index contributed by atoms with van der Waals surface area (Å²) >= 11 is 12.5. The number of alkyl halides is 1. The lowest BCUT2D eigenvalue weighted by Crippen LogP contribution is -2.30. The minimum Gasteiger partial charge on any atom is -0.494 e. The third-order valence-electron chi connectivity index (χ3n) is 6.79. The lowest BCUT2D eigenvalue weighted by molar-refractivity contribution is -0.115. The molecular formula is C31H41Cl2NO5. The number of hydrogen-bond donors (Lipinski definition) is 1. The maximum Gasteiger partial charge on any atom is 0.338 e. The van der Waals surface area contributed by atoms with Gasteiger partial charge in [0.05, 0.1) is 29.5 Å². The Kier molecular flexibility index (Phi) is 14.4. The van der Waals surface area contributed by atoms with E-state index in [9.17, 15) is 14.4 Å². The van der Waals surface area contributed by atoms with E-state index in [1.165, 1.54) is 18.6 Å². The lowest BCUT2D eigenvalue weighted by atomic mass is 9.88. The Bertz CT molecular complexity index is 1070. The number of carbonyl (C=O) groups is 3.